The van der Waals surface area contributed by atoms with Gasteiger partial charge in [-0.3, -0.25) is 14.3 Å². The Labute approximate surface area is 303 Å². The second-order valence-electron chi connectivity index (χ2n) is 16.4. The molecule has 2 aliphatic carbocycles. The molecule has 2 aromatic carbocycles. The molecule has 2 N–H and O–H groups in total. The third kappa shape index (κ3) is 7.07. The molecule has 4 aliphatic rings. The maximum atomic E-state index is 13.9. The molecule has 8 nitrogen and oxygen atoms in total. The molecule has 8 atom stereocenters. The molecule has 2 heterocycles. The van der Waals surface area contributed by atoms with Crippen LogP contribution in [0.4, 0.5) is 5.69 Å². The van der Waals surface area contributed by atoms with Crippen molar-refractivity contribution in [2.75, 3.05) is 24.6 Å². The molecule has 10 heteroatoms. The second kappa shape index (κ2) is 13.5. The molecule has 0 saturated heterocycles. The summed E-state index contributed by atoms with van der Waals surface area (Å²) in [4.78, 5) is 29.6. The summed E-state index contributed by atoms with van der Waals surface area (Å²) in [5.41, 5.74) is 1.13. The summed E-state index contributed by atoms with van der Waals surface area (Å²) in [7, 11) is -3.05. The molecular weight excluding hydrogens is 672 g/mol. The van der Waals surface area contributed by atoms with E-state index in [0.717, 1.165) is 37.8 Å². The van der Waals surface area contributed by atoms with Crippen molar-refractivity contribution >= 4 is 44.7 Å². The molecule has 0 radical (unpaired) electrons. The van der Waals surface area contributed by atoms with Crippen LogP contribution in [-0.2, 0) is 31.1 Å². The Balaban J connectivity index is 1.46. The number of aryl methyl sites for hydroxylation is 1. The van der Waals surface area contributed by atoms with Gasteiger partial charge in [0.1, 0.15) is 11.4 Å². The van der Waals surface area contributed by atoms with Gasteiger partial charge >= 0.3 is 5.97 Å². The number of hydrogen-bond acceptors (Lipinski definition) is 7. The number of carbonyl (C=O) groups excluding carboxylic acids is 2. The quantitative estimate of drug-likeness (QED) is 0.197. The highest BCUT2D eigenvalue weighted by Gasteiger charge is 2.52. The summed E-state index contributed by atoms with van der Waals surface area (Å²) in [5.74, 6) is 2.65. The lowest BCUT2D eigenvalue weighted by molar-refractivity contribution is -0.173. The van der Waals surface area contributed by atoms with Crippen molar-refractivity contribution in [2.24, 2.45) is 23.7 Å². The first-order valence-corrected chi connectivity index (χ1v) is 20.2. The highest BCUT2D eigenvalue weighted by molar-refractivity contribution is 7.99. The Morgan fingerprint density at radius 2 is 1.96 bits per heavy atom. The minimum atomic E-state index is -3.05. The van der Waals surface area contributed by atoms with Gasteiger partial charge in [-0.1, -0.05) is 36.7 Å². The minimum Gasteiger partial charge on any atom is -0.490 e. The number of anilines is 1. The van der Waals surface area contributed by atoms with Crippen molar-refractivity contribution in [3.05, 3.63) is 70.3 Å². The summed E-state index contributed by atoms with van der Waals surface area (Å²) >= 11 is 6.46. The van der Waals surface area contributed by atoms with Gasteiger partial charge in [-0.05, 0) is 138 Å². The number of rotatable bonds is 2. The lowest BCUT2D eigenvalue weighted by Crippen LogP contribution is -2.56. The van der Waals surface area contributed by atoms with Crippen LogP contribution in [0.2, 0.25) is 5.02 Å². The van der Waals surface area contributed by atoms with Gasteiger partial charge in [0.05, 0.1) is 33.5 Å². The fraction of sp³-hybridized carbons (Fsp3) is 0.575. The van der Waals surface area contributed by atoms with E-state index < -0.39 is 44.0 Å². The van der Waals surface area contributed by atoms with Crippen LogP contribution >= 0.6 is 11.6 Å². The standard InChI is InChI=1S/C40H53ClN2O6S/c1-25-10-8-19-40(46,26(2)37(45)49-38(4,5)6)33-15-12-30(33)22-43-23-39(18-9-11-28-20-31(41)14-16-32(28)39)24-48-35-17-13-29(21-34(35)43)36(44)42-50(7,47)27(25)3/h8,13-14,16-17,19-21,25-27,30,33,46H,7,9-12,15,18,22-24H2,1-6H3,(H,42,44,47)/b19-8+/t25-,26-,27+,30-,33+,39-,40-,50?/m0/s1. The van der Waals surface area contributed by atoms with E-state index in [1.165, 1.54) is 11.1 Å². The summed E-state index contributed by atoms with van der Waals surface area (Å²) < 4.78 is 29.1. The lowest BCUT2D eigenvalue weighted by Gasteiger charge is -2.50. The van der Waals surface area contributed by atoms with Gasteiger partial charge in [0.2, 0.25) is 0 Å². The fourth-order valence-corrected chi connectivity index (χ4v) is 10.1. The van der Waals surface area contributed by atoms with Gasteiger partial charge in [0.15, 0.2) is 0 Å². The lowest BCUT2D eigenvalue weighted by atomic mass is 9.60. The van der Waals surface area contributed by atoms with Crippen molar-refractivity contribution in [2.45, 2.75) is 102 Å². The maximum Gasteiger partial charge on any atom is 0.312 e. The van der Waals surface area contributed by atoms with E-state index in [1.54, 1.807) is 19.1 Å². The maximum absolute atomic E-state index is 13.9. The molecular formula is C40H53ClN2O6S. The molecule has 2 aromatic rings. The topological polar surface area (TPSA) is 105 Å². The largest absolute Gasteiger partial charge is 0.490 e. The monoisotopic (exact) mass is 724 g/mol. The molecule has 50 heavy (non-hydrogen) atoms. The number of aliphatic hydroxyl groups is 1. The summed E-state index contributed by atoms with van der Waals surface area (Å²) in [6, 6.07) is 11.6. The smallest absolute Gasteiger partial charge is 0.312 e. The van der Waals surface area contributed by atoms with E-state index in [4.69, 9.17) is 21.1 Å². The average molecular weight is 725 g/mol. The molecule has 0 aromatic heterocycles. The van der Waals surface area contributed by atoms with Crippen molar-refractivity contribution in [1.29, 1.82) is 0 Å². The zero-order chi connectivity index (χ0) is 36.2. The zero-order valence-electron chi connectivity index (χ0n) is 30.3. The van der Waals surface area contributed by atoms with E-state index in [1.807, 2.05) is 58.9 Å². The number of amides is 1. The molecule has 1 unspecified atom stereocenters. The van der Waals surface area contributed by atoms with Gasteiger partial charge in [-0.25, -0.2) is 4.21 Å². The number of halogens is 1. The Hall–Kier alpha value is -3.01. The van der Waals surface area contributed by atoms with Crippen LogP contribution in [0.15, 0.2) is 48.6 Å². The second-order valence-corrected chi connectivity index (χ2v) is 19.2. The van der Waals surface area contributed by atoms with E-state index >= 15 is 0 Å². The molecule has 1 fully saturated rings. The Bertz CT molecular complexity index is 1790. The normalized spacial score (nSPS) is 34.2. The SMILES string of the molecule is C=S1(=O)NC(=O)c2ccc3c(c2)N(C[C@@H]2CC[C@H]2[C@@](O)([C@@H](C)C(=O)OC(C)(C)C)/C=C/C[C@H](C)[C@H]1C)C[C@@]1(CCCc2cc(Cl)ccc21)CO3. The molecule has 272 valence electrons. The predicted molar refractivity (Wildman–Crippen MR) is 202 cm³/mol. The average Bonchev–Trinajstić information content (AvgIpc) is 3.17. The molecule has 2 aliphatic heterocycles. The first-order chi connectivity index (χ1) is 23.4. The van der Waals surface area contributed by atoms with Crippen LogP contribution in [0.5, 0.6) is 5.75 Å². The van der Waals surface area contributed by atoms with Crippen molar-refractivity contribution < 1.29 is 28.4 Å². The first kappa shape index (κ1) is 36.8. The highest BCUT2D eigenvalue weighted by atomic mass is 35.5. The number of ether oxygens (including phenoxy) is 2. The van der Waals surface area contributed by atoms with Gasteiger partial charge in [-0.15, -0.1) is 0 Å². The molecule has 1 saturated carbocycles. The van der Waals surface area contributed by atoms with Crippen molar-refractivity contribution in [1.82, 2.24) is 4.72 Å². The third-order valence-corrected chi connectivity index (χ3v) is 14.2. The summed E-state index contributed by atoms with van der Waals surface area (Å²) in [5, 5.41) is 12.9. The molecule has 6 rings (SSSR count). The van der Waals surface area contributed by atoms with Gasteiger partial charge in [0.25, 0.3) is 5.91 Å². The van der Waals surface area contributed by atoms with Gasteiger partial charge in [-0.2, -0.15) is 0 Å². The fourth-order valence-electron chi connectivity index (χ4n) is 8.45. The first-order valence-electron chi connectivity index (χ1n) is 18.0. The minimum absolute atomic E-state index is 0.0473. The van der Waals surface area contributed by atoms with E-state index in [0.29, 0.717) is 42.5 Å². The van der Waals surface area contributed by atoms with Crippen LogP contribution in [0.1, 0.15) is 95.1 Å². The van der Waals surface area contributed by atoms with Gasteiger partial charge in [0, 0.05) is 34.3 Å². The number of hydrogen-bond donors (Lipinski definition) is 2. The highest BCUT2D eigenvalue weighted by Crippen LogP contribution is 2.50. The number of carbonyl (C=O) groups is 2. The number of nitrogens with zero attached hydrogens (tertiary/aromatic N) is 1. The third-order valence-electron chi connectivity index (χ3n) is 11.8. The number of allylic oxidation sites excluding steroid dienone is 1. The van der Waals surface area contributed by atoms with E-state index in [9.17, 15) is 18.9 Å². The Morgan fingerprint density at radius 3 is 2.66 bits per heavy atom. The van der Waals surface area contributed by atoms with Crippen molar-refractivity contribution in [3.8, 4) is 5.75 Å². The summed E-state index contributed by atoms with van der Waals surface area (Å²) in [6.45, 7) is 12.8. The molecule has 1 amide bonds. The Kier molecular flexibility index (Phi) is 9.94. The van der Waals surface area contributed by atoms with Crippen LogP contribution in [0, 0.1) is 23.7 Å². The van der Waals surface area contributed by atoms with E-state index in [-0.39, 0.29) is 23.2 Å². The van der Waals surface area contributed by atoms with Crippen LogP contribution in [0.25, 0.3) is 0 Å². The van der Waals surface area contributed by atoms with Gasteiger partial charge < -0.3 is 19.5 Å². The number of nitrogens with one attached hydrogen (secondary N) is 1. The Morgan fingerprint density at radius 1 is 1.20 bits per heavy atom. The van der Waals surface area contributed by atoms with Crippen LogP contribution in [0.3, 0.4) is 0 Å². The van der Waals surface area contributed by atoms with Crippen molar-refractivity contribution in [3.63, 3.8) is 0 Å². The number of fused-ring (bicyclic) bond motifs is 4. The zero-order valence-corrected chi connectivity index (χ0v) is 31.9. The number of esters is 1. The van der Waals surface area contributed by atoms with Crippen LogP contribution in [-0.4, -0.2) is 63.2 Å². The number of benzene rings is 2. The molecule has 2 bridgehead atoms. The predicted octanol–water partition coefficient (Wildman–Crippen LogP) is 6.89. The van der Waals surface area contributed by atoms with E-state index in [2.05, 4.69) is 27.6 Å². The summed E-state index contributed by atoms with van der Waals surface area (Å²) in [6.07, 6.45) is 8.68. The van der Waals surface area contributed by atoms with Crippen LogP contribution < -0.4 is 14.4 Å². The molecule has 1 spiro atoms.